The predicted octanol–water partition coefficient (Wildman–Crippen LogP) is 5.41. The summed E-state index contributed by atoms with van der Waals surface area (Å²) in [7, 11) is 1.59. The van der Waals surface area contributed by atoms with Crippen LogP contribution in [-0.4, -0.2) is 13.9 Å². The summed E-state index contributed by atoms with van der Waals surface area (Å²) in [5.74, 6) is 2.27. The number of methoxy groups -OCH3 is 1. The lowest BCUT2D eigenvalue weighted by Crippen LogP contribution is -2.05. The maximum absolute atomic E-state index is 13.3. The summed E-state index contributed by atoms with van der Waals surface area (Å²) in [4.78, 5) is 0. The first-order chi connectivity index (χ1) is 14.1. The number of fused-ring (bicyclic) bond motifs is 1. The third-order valence-electron chi connectivity index (χ3n) is 4.52. The fraction of sp³-hybridized carbons (Fsp3) is 0.182. The van der Waals surface area contributed by atoms with Gasteiger partial charge >= 0.3 is 0 Å². The number of hydrogen-bond donors (Lipinski definition) is 1. The Labute approximate surface area is 172 Å². The zero-order valence-corrected chi connectivity index (χ0v) is 16.5. The Kier molecular flexibility index (Phi) is 5.62. The molecule has 1 N–H and O–H groups in total. The molecule has 0 spiro atoms. The number of para-hydroxylation sites is 1. The number of halogens is 2. The number of nitrogens with one attached hydrogen (secondary N) is 1. The van der Waals surface area contributed by atoms with Crippen LogP contribution < -0.4 is 24.3 Å². The maximum Gasteiger partial charge on any atom is 0.231 e. The van der Waals surface area contributed by atoms with Crippen molar-refractivity contribution < 1.29 is 23.3 Å². The molecule has 1 aliphatic rings. The van der Waals surface area contributed by atoms with Crippen molar-refractivity contribution in [2.24, 2.45) is 0 Å². The Morgan fingerprint density at radius 1 is 1.03 bits per heavy atom. The highest BCUT2D eigenvalue weighted by Crippen LogP contribution is 2.36. The number of anilines is 1. The van der Waals surface area contributed by atoms with Crippen molar-refractivity contribution in [1.29, 1.82) is 0 Å². The van der Waals surface area contributed by atoms with E-state index >= 15 is 0 Å². The summed E-state index contributed by atoms with van der Waals surface area (Å²) < 4.78 is 35.5. The fourth-order valence-corrected chi connectivity index (χ4v) is 3.24. The number of ether oxygens (including phenoxy) is 4. The molecule has 4 rings (SSSR count). The van der Waals surface area contributed by atoms with Crippen molar-refractivity contribution in [3.8, 4) is 23.0 Å². The molecule has 150 valence electrons. The van der Waals surface area contributed by atoms with Crippen molar-refractivity contribution in [2.45, 2.75) is 13.2 Å². The van der Waals surface area contributed by atoms with E-state index in [-0.39, 0.29) is 19.2 Å². The van der Waals surface area contributed by atoms with E-state index in [1.807, 2.05) is 36.4 Å². The van der Waals surface area contributed by atoms with Gasteiger partial charge in [0.2, 0.25) is 6.79 Å². The molecule has 0 amide bonds. The molecule has 1 aliphatic heterocycles. The summed E-state index contributed by atoms with van der Waals surface area (Å²) in [6, 6.07) is 15.6. The van der Waals surface area contributed by atoms with Crippen LogP contribution in [0.25, 0.3) is 0 Å². The minimum Gasteiger partial charge on any atom is -0.493 e. The number of benzene rings is 3. The second kappa shape index (κ2) is 8.49. The van der Waals surface area contributed by atoms with Crippen LogP contribution in [0.15, 0.2) is 54.6 Å². The minimum absolute atomic E-state index is 0.191. The quantitative estimate of drug-likeness (QED) is 0.559. The van der Waals surface area contributed by atoms with E-state index < -0.39 is 0 Å². The summed E-state index contributed by atoms with van der Waals surface area (Å²) >= 11 is 6.11. The molecule has 0 aromatic heterocycles. The van der Waals surface area contributed by atoms with Gasteiger partial charge in [-0.1, -0.05) is 29.8 Å². The molecule has 0 saturated carbocycles. The van der Waals surface area contributed by atoms with Gasteiger partial charge in [0.15, 0.2) is 23.0 Å². The van der Waals surface area contributed by atoms with E-state index in [9.17, 15) is 4.39 Å². The van der Waals surface area contributed by atoms with Crippen LogP contribution in [-0.2, 0) is 13.2 Å². The molecule has 0 atom stereocenters. The SMILES string of the molecule is COc1cccc(CNc2ccc3c(c2)OCO3)c1OCc1ccc(F)cc1Cl. The van der Waals surface area contributed by atoms with E-state index in [0.29, 0.717) is 34.4 Å². The summed E-state index contributed by atoms with van der Waals surface area (Å²) in [5.41, 5.74) is 2.48. The molecule has 0 fully saturated rings. The van der Waals surface area contributed by atoms with Crippen LogP contribution in [0.3, 0.4) is 0 Å². The average Bonchev–Trinajstić information content (AvgIpc) is 3.19. The van der Waals surface area contributed by atoms with Crippen LogP contribution in [0.5, 0.6) is 23.0 Å². The van der Waals surface area contributed by atoms with E-state index in [4.69, 9.17) is 30.5 Å². The van der Waals surface area contributed by atoms with Gasteiger partial charge < -0.3 is 24.3 Å². The van der Waals surface area contributed by atoms with Gasteiger partial charge in [0.25, 0.3) is 0 Å². The molecule has 29 heavy (non-hydrogen) atoms. The van der Waals surface area contributed by atoms with Crippen molar-refractivity contribution >= 4 is 17.3 Å². The van der Waals surface area contributed by atoms with Gasteiger partial charge in [0.1, 0.15) is 12.4 Å². The summed E-state index contributed by atoms with van der Waals surface area (Å²) in [6.45, 7) is 0.929. The Morgan fingerprint density at radius 2 is 1.90 bits per heavy atom. The lowest BCUT2D eigenvalue weighted by Gasteiger charge is -2.16. The molecule has 0 aliphatic carbocycles. The minimum atomic E-state index is -0.385. The molecule has 1 heterocycles. The first kappa shape index (κ1) is 19.2. The Balaban J connectivity index is 1.51. The van der Waals surface area contributed by atoms with Gasteiger partial charge in [-0.3, -0.25) is 0 Å². The molecule has 0 saturated heterocycles. The summed E-state index contributed by atoms with van der Waals surface area (Å²) in [6.07, 6.45) is 0. The lowest BCUT2D eigenvalue weighted by atomic mass is 10.1. The molecular weight excluding hydrogens is 397 g/mol. The Bertz CT molecular complexity index is 1030. The Hall–Kier alpha value is -3.12. The second-order valence-electron chi connectivity index (χ2n) is 6.39. The normalized spacial score (nSPS) is 12.0. The molecule has 5 nitrogen and oxygen atoms in total. The molecule has 0 radical (unpaired) electrons. The average molecular weight is 416 g/mol. The van der Waals surface area contributed by atoms with E-state index in [2.05, 4.69) is 5.32 Å². The third-order valence-corrected chi connectivity index (χ3v) is 4.87. The largest absolute Gasteiger partial charge is 0.493 e. The van der Waals surface area contributed by atoms with Crippen LogP contribution in [0.4, 0.5) is 10.1 Å². The maximum atomic E-state index is 13.3. The zero-order chi connectivity index (χ0) is 20.2. The first-order valence-electron chi connectivity index (χ1n) is 9.00. The molecule has 3 aromatic carbocycles. The van der Waals surface area contributed by atoms with Crippen LogP contribution in [0.1, 0.15) is 11.1 Å². The van der Waals surface area contributed by atoms with Gasteiger partial charge in [0.05, 0.1) is 12.1 Å². The third kappa shape index (κ3) is 4.32. The van der Waals surface area contributed by atoms with E-state index in [0.717, 1.165) is 17.0 Å². The highest BCUT2D eigenvalue weighted by molar-refractivity contribution is 6.31. The fourth-order valence-electron chi connectivity index (χ4n) is 3.02. The Morgan fingerprint density at radius 3 is 2.72 bits per heavy atom. The predicted molar refractivity (Wildman–Crippen MR) is 109 cm³/mol. The van der Waals surface area contributed by atoms with Gasteiger partial charge in [-0.25, -0.2) is 4.39 Å². The molecular formula is C22H19ClFNO4. The standard InChI is InChI=1S/C22H19ClFNO4/c1-26-20-4-2-3-14(11-25-17-7-8-19-21(10-17)29-13-28-19)22(20)27-12-15-5-6-16(24)9-18(15)23/h2-10,25H,11-13H2,1H3. The van der Waals surface area contributed by atoms with Gasteiger partial charge in [-0.2, -0.15) is 0 Å². The molecule has 0 bridgehead atoms. The van der Waals surface area contributed by atoms with Crippen molar-refractivity contribution in [3.63, 3.8) is 0 Å². The van der Waals surface area contributed by atoms with Crippen molar-refractivity contribution in [3.05, 3.63) is 76.6 Å². The highest BCUT2D eigenvalue weighted by Gasteiger charge is 2.15. The van der Waals surface area contributed by atoms with E-state index in [1.54, 1.807) is 13.2 Å². The highest BCUT2D eigenvalue weighted by atomic mass is 35.5. The monoisotopic (exact) mass is 415 g/mol. The molecule has 0 unspecified atom stereocenters. The smallest absolute Gasteiger partial charge is 0.231 e. The number of rotatable bonds is 7. The number of hydrogen-bond acceptors (Lipinski definition) is 5. The van der Waals surface area contributed by atoms with Crippen LogP contribution in [0, 0.1) is 5.82 Å². The topological polar surface area (TPSA) is 49.0 Å². The molecule has 7 heteroatoms. The zero-order valence-electron chi connectivity index (χ0n) is 15.7. The van der Waals surface area contributed by atoms with Crippen molar-refractivity contribution in [2.75, 3.05) is 19.2 Å². The van der Waals surface area contributed by atoms with Gasteiger partial charge in [-0.15, -0.1) is 0 Å². The second-order valence-corrected chi connectivity index (χ2v) is 6.80. The lowest BCUT2D eigenvalue weighted by molar-refractivity contribution is 0.174. The summed E-state index contributed by atoms with van der Waals surface area (Å²) in [5, 5.41) is 3.67. The van der Waals surface area contributed by atoms with E-state index in [1.165, 1.54) is 12.1 Å². The van der Waals surface area contributed by atoms with Gasteiger partial charge in [0, 0.05) is 29.4 Å². The first-order valence-corrected chi connectivity index (χ1v) is 9.38. The van der Waals surface area contributed by atoms with Crippen molar-refractivity contribution in [1.82, 2.24) is 0 Å². The van der Waals surface area contributed by atoms with Crippen LogP contribution >= 0.6 is 11.6 Å². The van der Waals surface area contributed by atoms with Gasteiger partial charge in [-0.05, 0) is 30.3 Å². The molecule has 3 aromatic rings. The van der Waals surface area contributed by atoms with Crippen LogP contribution in [0.2, 0.25) is 5.02 Å².